The molecule has 4 nitrogen and oxygen atoms in total. The van der Waals surface area contributed by atoms with Crippen LogP contribution in [0, 0.1) is 0 Å². The zero-order chi connectivity index (χ0) is 13.7. The average molecular weight is 261 g/mol. The molecule has 0 amide bonds. The van der Waals surface area contributed by atoms with Gasteiger partial charge >= 0.3 is 7.12 Å². The third kappa shape index (κ3) is 2.20. The first-order valence-corrected chi connectivity index (χ1v) is 6.80. The molecule has 3 rings (SSSR count). The minimum Gasteiger partial charge on any atom is -0.399 e. The van der Waals surface area contributed by atoms with Gasteiger partial charge in [0.2, 0.25) is 0 Å². The first-order chi connectivity index (χ1) is 8.89. The number of fused-ring (bicyclic) bond motifs is 1. The van der Waals surface area contributed by atoms with Gasteiger partial charge in [0.25, 0.3) is 0 Å². The van der Waals surface area contributed by atoms with Crippen LogP contribution in [-0.2, 0) is 27.1 Å². The maximum atomic E-state index is 6.05. The SMILES string of the molecule is CC1(C)OB(c2cnc3c(c2)CCOC3)OC1(C)C. The fraction of sp³-hybridized carbons (Fsp3) is 0.643. The molecule has 1 saturated heterocycles. The lowest BCUT2D eigenvalue weighted by Gasteiger charge is -2.32. The molecule has 1 aromatic heterocycles. The fourth-order valence-electron chi connectivity index (χ4n) is 2.36. The second-order valence-corrected chi connectivity index (χ2v) is 6.27. The molecular formula is C14H20BNO3. The molecule has 0 aliphatic carbocycles. The Labute approximate surface area is 114 Å². The molecule has 102 valence electrons. The Morgan fingerprint density at radius 1 is 1.16 bits per heavy atom. The second kappa shape index (κ2) is 4.30. The van der Waals surface area contributed by atoms with E-state index in [1.54, 1.807) is 0 Å². The number of nitrogens with zero attached hydrogens (tertiary/aromatic N) is 1. The molecule has 0 bridgehead atoms. The molecule has 0 unspecified atom stereocenters. The van der Waals surface area contributed by atoms with Gasteiger partial charge in [-0.25, -0.2) is 0 Å². The van der Waals surface area contributed by atoms with Crippen molar-refractivity contribution in [2.45, 2.75) is 51.9 Å². The lowest BCUT2D eigenvalue weighted by atomic mass is 9.79. The van der Waals surface area contributed by atoms with Crippen LogP contribution in [0.1, 0.15) is 39.0 Å². The van der Waals surface area contributed by atoms with E-state index < -0.39 is 0 Å². The zero-order valence-electron chi connectivity index (χ0n) is 12.0. The molecule has 2 aliphatic rings. The Kier molecular flexibility index (Phi) is 2.96. The van der Waals surface area contributed by atoms with Gasteiger partial charge in [-0.15, -0.1) is 0 Å². The molecule has 0 atom stereocenters. The van der Waals surface area contributed by atoms with Crippen LogP contribution in [0.5, 0.6) is 0 Å². The molecule has 0 N–H and O–H groups in total. The van der Waals surface area contributed by atoms with Crippen LogP contribution in [0.4, 0.5) is 0 Å². The average Bonchev–Trinajstić information content (AvgIpc) is 2.58. The monoisotopic (exact) mass is 261 g/mol. The van der Waals surface area contributed by atoms with Crippen LogP contribution in [0.25, 0.3) is 0 Å². The Morgan fingerprint density at radius 2 is 1.84 bits per heavy atom. The van der Waals surface area contributed by atoms with Crippen LogP contribution >= 0.6 is 0 Å². The summed E-state index contributed by atoms with van der Waals surface area (Å²) in [5, 5.41) is 0. The maximum Gasteiger partial charge on any atom is 0.496 e. The van der Waals surface area contributed by atoms with Crippen molar-refractivity contribution in [3.8, 4) is 0 Å². The van der Waals surface area contributed by atoms with E-state index in [1.165, 1.54) is 5.56 Å². The summed E-state index contributed by atoms with van der Waals surface area (Å²) in [5.74, 6) is 0. The standard InChI is InChI=1S/C14H20BNO3/c1-13(2)14(3,4)19-15(18-13)11-7-10-5-6-17-9-12(10)16-8-11/h7-8H,5-6,9H2,1-4H3. The first kappa shape index (κ1) is 13.1. The minimum atomic E-state index is -0.328. The summed E-state index contributed by atoms with van der Waals surface area (Å²) in [5.41, 5.74) is 2.66. The van der Waals surface area contributed by atoms with E-state index in [2.05, 4.69) is 38.7 Å². The van der Waals surface area contributed by atoms with Gasteiger partial charge in [0.05, 0.1) is 30.1 Å². The Balaban J connectivity index is 1.88. The summed E-state index contributed by atoms with van der Waals surface area (Å²) < 4.78 is 17.5. The van der Waals surface area contributed by atoms with Gasteiger partial charge in [-0.05, 0) is 39.7 Å². The van der Waals surface area contributed by atoms with E-state index in [4.69, 9.17) is 14.0 Å². The van der Waals surface area contributed by atoms with Gasteiger partial charge in [0, 0.05) is 11.7 Å². The van der Waals surface area contributed by atoms with Crippen molar-refractivity contribution in [2.24, 2.45) is 0 Å². The predicted molar refractivity (Wildman–Crippen MR) is 73.3 cm³/mol. The fourth-order valence-corrected chi connectivity index (χ4v) is 2.36. The van der Waals surface area contributed by atoms with Gasteiger partial charge in [-0.1, -0.05) is 6.07 Å². The Bertz CT molecular complexity index is 485. The van der Waals surface area contributed by atoms with Crippen molar-refractivity contribution in [3.63, 3.8) is 0 Å². The van der Waals surface area contributed by atoms with Gasteiger partial charge in [0.1, 0.15) is 0 Å². The predicted octanol–water partition coefficient (Wildman–Crippen LogP) is 1.45. The van der Waals surface area contributed by atoms with Crippen molar-refractivity contribution < 1.29 is 14.0 Å². The van der Waals surface area contributed by atoms with Crippen LogP contribution < -0.4 is 5.46 Å². The van der Waals surface area contributed by atoms with Gasteiger partial charge in [-0.2, -0.15) is 0 Å². The molecule has 5 heteroatoms. The highest BCUT2D eigenvalue weighted by atomic mass is 16.7. The summed E-state index contributed by atoms with van der Waals surface area (Å²) in [6.45, 7) is 9.62. The van der Waals surface area contributed by atoms with Gasteiger partial charge < -0.3 is 14.0 Å². The summed E-state index contributed by atoms with van der Waals surface area (Å²) in [7, 11) is -0.328. The first-order valence-electron chi connectivity index (χ1n) is 6.80. The number of ether oxygens (including phenoxy) is 1. The number of rotatable bonds is 1. The maximum absolute atomic E-state index is 6.05. The summed E-state index contributed by atoms with van der Waals surface area (Å²) in [4.78, 5) is 4.47. The number of hydrogen-bond donors (Lipinski definition) is 0. The lowest BCUT2D eigenvalue weighted by molar-refractivity contribution is 0.00578. The number of aromatic nitrogens is 1. The molecule has 1 fully saturated rings. The largest absolute Gasteiger partial charge is 0.496 e. The number of hydrogen-bond acceptors (Lipinski definition) is 4. The van der Waals surface area contributed by atoms with Crippen molar-refractivity contribution in [1.82, 2.24) is 4.98 Å². The van der Waals surface area contributed by atoms with Crippen molar-refractivity contribution in [3.05, 3.63) is 23.5 Å². The second-order valence-electron chi connectivity index (χ2n) is 6.27. The molecule has 0 saturated carbocycles. The number of pyridine rings is 1. The molecule has 3 heterocycles. The molecule has 1 aromatic rings. The summed E-state index contributed by atoms with van der Waals surface area (Å²) in [6, 6.07) is 2.15. The van der Waals surface area contributed by atoms with Crippen LogP contribution in [0.3, 0.4) is 0 Å². The molecule has 0 spiro atoms. The van der Waals surface area contributed by atoms with E-state index in [0.717, 1.165) is 24.2 Å². The Hall–Kier alpha value is -0.905. The van der Waals surface area contributed by atoms with Crippen LogP contribution in [0.15, 0.2) is 12.3 Å². The van der Waals surface area contributed by atoms with E-state index in [-0.39, 0.29) is 18.3 Å². The van der Waals surface area contributed by atoms with E-state index in [9.17, 15) is 0 Å². The highest BCUT2D eigenvalue weighted by Gasteiger charge is 2.51. The highest BCUT2D eigenvalue weighted by Crippen LogP contribution is 2.36. The topological polar surface area (TPSA) is 40.6 Å². The lowest BCUT2D eigenvalue weighted by Crippen LogP contribution is -2.41. The molecule has 19 heavy (non-hydrogen) atoms. The van der Waals surface area contributed by atoms with E-state index >= 15 is 0 Å². The highest BCUT2D eigenvalue weighted by molar-refractivity contribution is 6.62. The third-order valence-electron chi connectivity index (χ3n) is 4.36. The summed E-state index contributed by atoms with van der Waals surface area (Å²) >= 11 is 0. The molecule has 2 aliphatic heterocycles. The van der Waals surface area contributed by atoms with Crippen molar-refractivity contribution in [2.75, 3.05) is 6.61 Å². The van der Waals surface area contributed by atoms with Gasteiger partial charge in [0.15, 0.2) is 0 Å². The quantitative estimate of drug-likeness (QED) is 0.717. The van der Waals surface area contributed by atoms with Crippen LogP contribution in [0.2, 0.25) is 0 Å². The summed E-state index contributed by atoms with van der Waals surface area (Å²) in [6.07, 6.45) is 2.76. The van der Waals surface area contributed by atoms with E-state index in [1.807, 2.05) is 6.20 Å². The zero-order valence-corrected chi connectivity index (χ0v) is 12.0. The van der Waals surface area contributed by atoms with E-state index in [0.29, 0.717) is 6.61 Å². The van der Waals surface area contributed by atoms with Crippen molar-refractivity contribution >= 4 is 12.6 Å². The third-order valence-corrected chi connectivity index (χ3v) is 4.36. The minimum absolute atomic E-state index is 0.309. The Morgan fingerprint density at radius 3 is 2.53 bits per heavy atom. The van der Waals surface area contributed by atoms with Crippen molar-refractivity contribution in [1.29, 1.82) is 0 Å². The molecular weight excluding hydrogens is 241 g/mol. The van der Waals surface area contributed by atoms with Crippen LogP contribution in [-0.4, -0.2) is 29.9 Å². The normalized spacial score (nSPS) is 24.3. The molecule has 0 radical (unpaired) electrons. The van der Waals surface area contributed by atoms with Gasteiger partial charge in [-0.3, -0.25) is 4.98 Å². The smallest absolute Gasteiger partial charge is 0.399 e. The molecule has 0 aromatic carbocycles.